The first kappa shape index (κ1) is 16.9. The average molecular weight is 331 g/mol. The van der Waals surface area contributed by atoms with Crippen molar-refractivity contribution in [3.8, 4) is 5.75 Å². The summed E-state index contributed by atoms with van der Waals surface area (Å²) in [6.45, 7) is 2.55. The molecular formula is C19H22FNO3. The molecule has 0 aliphatic carbocycles. The van der Waals surface area contributed by atoms with Crippen molar-refractivity contribution in [2.45, 2.75) is 12.2 Å². The number of β-amino-alcohol motifs (C(OH)–C–C–N with tert-alkyl or cyclic N) is 1. The molecule has 2 aromatic rings. The van der Waals surface area contributed by atoms with E-state index in [1.807, 2.05) is 24.3 Å². The minimum atomic E-state index is -0.591. The van der Waals surface area contributed by atoms with Crippen LogP contribution in [-0.2, 0) is 4.74 Å². The highest BCUT2D eigenvalue weighted by molar-refractivity contribution is 5.30. The number of hydrogen-bond acceptors (Lipinski definition) is 4. The van der Waals surface area contributed by atoms with Gasteiger partial charge in [0, 0.05) is 19.6 Å². The van der Waals surface area contributed by atoms with Crippen molar-refractivity contribution in [1.29, 1.82) is 0 Å². The fraction of sp³-hybridized carbons (Fsp3) is 0.368. The molecular weight excluding hydrogens is 309 g/mol. The molecule has 5 heteroatoms. The van der Waals surface area contributed by atoms with E-state index in [9.17, 15) is 9.50 Å². The molecule has 0 saturated carbocycles. The van der Waals surface area contributed by atoms with Gasteiger partial charge < -0.3 is 14.6 Å². The number of benzene rings is 2. The Kier molecular flexibility index (Phi) is 5.45. The molecule has 1 aliphatic heterocycles. The third kappa shape index (κ3) is 4.12. The Hall–Kier alpha value is -1.95. The quantitative estimate of drug-likeness (QED) is 0.915. The highest BCUT2D eigenvalue weighted by Gasteiger charge is 2.24. The number of aliphatic hydroxyl groups is 1. The van der Waals surface area contributed by atoms with Gasteiger partial charge >= 0.3 is 0 Å². The summed E-state index contributed by atoms with van der Waals surface area (Å²) in [6.07, 6.45) is -0.691. The van der Waals surface area contributed by atoms with Crippen molar-refractivity contribution >= 4 is 0 Å². The zero-order chi connectivity index (χ0) is 16.9. The number of halogens is 1. The van der Waals surface area contributed by atoms with Gasteiger partial charge in [0.15, 0.2) is 0 Å². The van der Waals surface area contributed by atoms with Gasteiger partial charge in [-0.15, -0.1) is 0 Å². The van der Waals surface area contributed by atoms with E-state index in [0.29, 0.717) is 19.7 Å². The first-order valence-electron chi connectivity index (χ1n) is 8.07. The molecule has 3 rings (SSSR count). The van der Waals surface area contributed by atoms with Gasteiger partial charge in [-0.2, -0.15) is 0 Å². The van der Waals surface area contributed by atoms with Crippen LogP contribution in [0.15, 0.2) is 48.5 Å². The van der Waals surface area contributed by atoms with E-state index in [1.54, 1.807) is 19.2 Å². The largest absolute Gasteiger partial charge is 0.497 e. The lowest BCUT2D eigenvalue weighted by Crippen LogP contribution is -2.40. The van der Waals surface area contributed by atoms with Crippen LogP contribution in [0.25, 0.3) is 0 Å². The number of morpholine rings is 1. The van der Waals surface area contributed by atoms with Crippen LogP contribution >= 0.6 is 0 Å². The molecule has 0 amide bonds. The summed E-state index contributed by atoms with van der Waals surface area (Å²) in [7, 11) is 1.61. The van der Waals surface area contributed by atoms with Gasteiger partial charge in [0.25, 0.3) is 0 Å². The Balaban J connectivity index is 1.63. The fourth-order valence-electron chi connectivity index (χ4n) is 2.95. The van der Waals surface area contributed by atoms with Gasteiger partial charge in [-0.1, -0.05) is 24.3 Å². The Morgan fingerprint density at radius 3 is 2.83 bits per heavy atom. The monoisotopic (exact) mass is 331 g/mol. The number of aliphatic hydroxyl groups excluding tert-OH is 1. The minimum absolute atomic E-state index is 0.100. The first-order valence-corrected chi connectivity index (χ1v) is 8.07. The molecule has 2 unspecified atom stereocenters. The molecule has 1 N–H and O–H groups in total. The molecule has 1 aliphatic rings. The number of ether oxygens (including phenoxy) is 2. The molecule has 1 fully saturated rings. The normalized spacial score (nSPS) is 19.9. The lowest BCUT2D eigenvalue weighted by molar-refractivity contribution is -0.0424. The summed E-state index contributed by atoms with van der Waals surface area (Å²) >= 11 is 0. The lowest BCUT2D eigenvalue weighted by atomic mass is 10.1. The van der Waals surface area contributed by atoms with Crippen molar-refractivity contribution in [3.05, 3.63) is 65.5 Å². The van der Waals surface area contributed by atoms with Crippen molar-refractivity contribution in [2.75, 3.05) is 33.4 Å². The fourth-order valence-corrected chi connectivity index (χ4v) is 2.95. The van der Waals surface area contributed by atoms with E-state index in [1.165, 1.54) is 12.1 Å². The molecule has 0 spiro atoms. The molecule has 0 bridgehead atoms. The van der Waals surface area contributed by atoms with Gasteiger partial charge in [0.05, 0.1) is 25.9 Å². The van der Waals surface area contributed by atoms with E-state index in [4.69, 9.17) is 9.47 Å². The SMILES string of the molecule is COc1cccc(C(O)CN2CCOC(c3ccc(F)cc3)C2)c1. The Morgan fingerprint density at radius 1 is 1.29 bits per heavy atom. The zero-order valence-corrected chi connectivity index (χ0v) is 13.7. The molecule has 24 heavy (non-hydrogen) atoms. The number of nitrogens with zero attached hydrogens (tertiary/aromatic N) is 1. The van der Waals surface area contributed by atoms with Crippen molar-refractivity contribution in [3.63, 3.8) is 0 Å². The smallest absolute Gasteiger partial charge is 0.123 e. The summed E-state index contributed by atoms with van der Waals surface area (Å²) in [4.78, 5) is 2.17. The third-order valence-electron chi connectivity index (χ3n) is 4.30. The second kappa shape index (κ2) is 7.75. The first-order chi connectivity index (χ1) is 11.7. The number of methoxy groups -OCH3 is 1. The van der Waals surface area contributed by atoms with E-state index < -0.39 is 6.10 Å². The zero-order valence-electron chi connectivity index (χ0n) is 13.7. The van der Waals surface area contributed by atoms with Crippen LogP contribution in [0.1, 0.15) is 23.3 Å². The van der Waals surface area contributed by atoms with Crippen LogP contribution in [0.3, 0.4) is 0 Å². The van der Waals surface area contributed by atoms with E-state index in [0.717, 1.165) is 23.4 Å². The van der Waals surface area contributed by atoms with E-state index in [-0.39, 0.29) is 11.9 Å². The van der Waals surface area contributed by atoms with Gasteiger partial charge in [-0.05, 0) is 35.4 Å². The van der Waals surface area contributed by atoms with Crippen LogP contribution in [0, 0.1) is 5.82 Å². The maximum atomic E-state index is 13.1. The second-order valence-corrected chi connectivity index (χ2v) is 5.96. The van der Waals surface area contributed by atoms with E-state index >= 15 is 0 Å². The van der Waals surface area contributed by atoms with Crippen molar-refractivity contribution < 1.29 is 19.0 Å². The van der Waals surface area contributed by atoms with Gasteiger partial charge in [-0.3, -0.25) is 4.90 Å². The summed E-state index contributed by atoms with van der Waals surface area (Å²) in [5.74, 6) is 0.484. The van der Waals surface area contributed by atoms with Crippen LogP contribution in [0.2, 0.25) is 0 Å². The molecule has 2 aromatic carbocycles. The lowest BCUT2D eigenvalue weighted by Gasteiger charge is -2.34. The molecule has 4 nitrogen and oxygen atoms in total. The Morgan fingerprint density at radius 2 is 2.08 bits per heavy atom. The maximum Gasteiger partial charge on any atom is 0.123 e. The highest BCUT2D eigenvalue weighted by atomic mass is 19.1. The number of hydrogen-bond donors (Lipinski definition) is 1. The number of rotatable bonds is 5. The van der Waals surface area contributed by atoms with Crippen molar-refractivity contribution in [2.24, 2.45) is 0 Å². The predicted molar refractivity (Wildman–Crippen MR) is 89.5 cm³/mol. The Bertz CT molecular complexity index is 662. The molecule has 2 atom stereocenters. The molecule has 0 radical (unpaired) electrons. The standard InChI is InChI=1S/C19H22FNO3/c1-23-17-4-2-3-15(11-17)18(22)12-21-9-10-24-19(13-21)14-5-7-16(20)8-6-14/h2-8,11,18-19,22H,9-10,12-13H2,1H3. The molecule has 128 valence electrons. The topological polar surface area (TPSA) is 41.9 Å². The van der Waals surface area contributed by atoms with Gasteiger partial charge in [0.1, 0.15) is 11.6 Å². The molecule has 1 saturated heterocycles. The maximum absolute atomic E-state index is 13.1. The summed E-state index contributed by atoms with van der Waals surface area (Å²) < 4.78 is 24.1. The Labute approximate surface area is 141 Å². The highest BCUT2D eigenvalue weighted by Crippen LogP contribution is 2.25. The average Bonchev–Trinajstić information content (AvgIpc) is 2.62. The minimum Gasteiger partial charge on any atom is -0.497 e. The van der Waals surface area contributed by atoms with Crippen molar-refractivity contribution in [1.82, 2.24) is 4.90 Å². The van der Waals surface area contributed by atoms with Crippen LogP contribution in [0.5, 0.6) is 5.75 Å². The van der Waals surface area contributed by atoms with E-state index in [2.05, 4.69) is 4.90 Å². The van der Waals surface area contributed by atoms with Crippen LogP contribution in [0.4, 0.5) is 4.39 Å². The van der Waals surface area contributed by atoms with Crippen LogP contribution < -0.4 is 4.74 Å². The van der Waals surface area contributed by atoms with Gasteiger partial charge in [0.2, 0.25) is 0 Å². The predicted octanol–water partition coefficient (Wildman–Crippen LogP) is 2.94. The van der Waals surface area contributed by atoms with Crippen LogP contribution in [-0.4, -0.2) is 43.4 Å². The third-order valence-corrected chi connectivity index (χ3v) is 4.30. The second-order valence-electron chi connectivity index (χ2n) is 5.96. The summed E-state index contributed by atoms with van der Waals surface area (Å²) in [5.41, 5.74) is 1.79. The molecule has 1 heterocycles. The summed E-state index contributed by atoms with van der Waals surface area (Å²) in [5, 5.41) is 10.5. The molecule has 0 aromatic heterocycles. The van der Waals surface area contributed by atoms with Gasteiger partial charge in [-0.25, -0.2) is 4.39 Å². The summed E-state index contributed by atoms with van der Waals surface area (Å²) in [6, 6.07) is 13.9.